The third-order valence-electron chi connectivity index (χ3n) is 8.82. The lowest BCUT2D eigenvalue weighted by Crippen LogP contribution is -2.46. The Hall–Kier alpha value is -3.22. The van der Waals surface area contributed by atoms with Crippen molar-refractivity contribution in [2.45, 2.75) is 96.4 Å². The van der Waals surface area contributed by atoms with E-state index in [0.717, 1.165) is 41.8 Å². The molecule has 6 N–H and O–H groups in total. The van der Waals surface area contributed by atoms with Gasteiger partial charge in [0.25, 0.3) is 15.6 Å². The van der Waals surface area contributed by atoms with E-state index in [9.17, 15) is 57.9 Å². The van der Waals surface area contributed by atoms with Crippen LogP contribution in [-0.4, -0.2) is 103 Å². The molecule has 1 aliphatic rings. The van der Waals surface area contributed by atoms with Gasteiger partial charge in [-0.1, -0.05) is 81.8 Å². The second-order valence-electron chi connectivity index (χ2n) is 14.5. The number of hydrogen-bond donors (Lipinski definition) is 5. The average molecular weight is 968 g/mol. The van der Waals surface area contributed by atoms with Crippen molar-refractivity contribution in [1.29, 1.82) is 0 Å². The Balaban J connectivity index is 1.38. The van der Waals surface area contributed by atoms with Gasteiger partial charge in [-0.15, -0.1) is 0 Å². The average Bonchev–Trinajstić information content (AvgIpc) is 3.76. The van der Waals surface area contributed by atoms with Crippen LogP contribution in [0.25, 0.3) is 11.2 Å². The summed E-state index contributed by atoms with van der Waals surface area (Å²) in [6, 6.07) is 0. The Labute approximate surface area is 367 Å². The number of aliphatic hydroxyl groups is 2. The molecule has 0 bridgehead atoms. The Morgan fingerprint density at radius 2 is 1.73 bits per heavy atom. The molecule has 24 nitrogen and oxygen atoms in total. The van der Waals surface area contributed by atoms with Gasteiger partial charge in [0.15, 0.2) is 22.8 Å². The molecule has 7 atom stereocenters. The number of unbranched alkanes of at least 4 members (excludes halogenated alkanes) is 3. The van der Waals surface area contributed by atoms with Gasteiger partial charge in [-0.2, -0.15) is 0 Å². The number of allylic oxidation sites excluding steroid dienone is 6. The van der Waals surface area contributed by atoms with Crippen molar-refractivity contribution in [2.24, 2.45) is 5.41 Å². The minimum absolute atomic E-state index is 0.0220. The molecular formula is C35H52N7O17P3S-4. The maximum absolute atomic E-state index is 12.6. The largest absolute Gasteiger partial charge is 0.790 e. The molecule has 3 rings (SSSR count). The molecule has 2 unspecified atom stereocenters. The van der Waals surface area contributed by atoms with Crippen LogP contribution >= 0.6 is 35.2 Å². The van der Waals surface area contributed by atoms with Crippen LogP contribution in [0.2, 0.25) is 0 Å². The molecule has 354 valence electrons. The molecule has 63 heavy (non-hydrogen) atoms. The summed E-state index contributed by atoms with van der Waals surface area (Å²) in [5.41, 5.74) is 4.07. The van der Waals surface area contributed by atoms with Crippen molar-refractivity contribution in [3.05, 3.63) is 49.1 Å². The second kappa shape index (κ2) is 25.5. The zero-order valence-corrected chi connectivity index (χ0v) is 38.1. The van der Waals surface area contributed by atoms with E-state index in [-0.39, 0.29) is 48.0 Å². The minimum atomic E-state index is -5.92. The fourth-order valence-electron chi connectivity index (χ4n) is 5.54. The van der Waals surface area contributed by atoms with E-state index in [1.54, 1.807) is 12.2 Å². The quantitative estimate of drug-likeness (QED) is 0.0328. The number of carbonyl (C=O) groups excluding carboxylic acids is 3. The Kier molecular flexibility index (Phi) is 21.9. The summed E-state index contributed by atoms with van der Waals surface area (Å²) in [4.78, 5) is 96.5. The first-order valence-electron chi connectivity index (χ1n) is 19.5. The van der Waals surface area contributed by atoms with Gasteiger partial charge in [-0.3, -0.25) is 28.1 Å². The number of phosphoric acid groups is 3. The molecule has 2 amide bonds. The Morgan fingerprint density at radius 3 is 2.44 bits per heavy atom. The third-order valence-corrected chi connectivity index (χ3v) is 12.7. The molecule has 28 heteroatoms. The van der Waals surface area contributed by atoms with Crippen molar-refractivity contribution < 1.29 is 80.5 Å². The van der Waals surface area contributed by atoms with Gasteiger partial charge >= 0.3 is 0 Å². The SMILES string of the molecule is CCCCC/C=C\C/C=C\C=C\CC(=O)SCCNC(=O)CCNC(=O)[C@H](O)C(C)(C)COP(=O)([O-])OP(=O)([O-])OC[C@H]1O[C@@H](n2cnc3c(N)ncnc32)[C@H](O)[C@@H]1OP(=O)([O-])[O-]. The maximum atomic E-state index is 12.6. The summed E-state index contributed by atoms with van der Waals surface area (Å²) in [6.45, 7) is 2.24. The summed E-state index contributed by atoms with van der Waals surface area (Å²) < 4.78 is 60.7. The summed E-state index contributed by atoms with van der Waals surface area (Å²) in [6.07, 6.45) is 9.79. The van der Waals surface area contributed by atoms with Gasteiger partial charge < -0.3 is 69.0 Å². The molecule has 2 aromatic rings. The van der Waals surface area contributed by atoms with Crippen molar-refractivity contribution in [1.82, 2.24) is 30.2 Å². The first-order chi connectivity index (χ1) is 29.6. The van der Waals surface area contributed by atoms with Crippen molar-refractivity contribution >= 4 is 69.1 Å². The van der Waals surface area contributed by atoms with E-state index in [1.807, 2.05) is 12.2 Å². The number of anilines is 1. The molecule has 0 radical (unpaired) electrons. The predicted molar refractivity (Wildman–Crippen MR) is 219 cm³/mol. The van der Waals surface area contributed by atoms with Gasteiger partial charge in [0.05, 0.1) is 27.4 Å². The highest BCUT2D eigenvalue weighted by Crippen LogP contribution is 2.56. The lowest BCUT2D eigenvalue weighted by Gasteiger charge is -2.36. The van der Waals surface area contributed by atoms with Crippen LogP contribution in [0.15, 0.2) is 49.1 Å². The van der Waals surface area contributed by atoms with Crippen LogP contribution in [-0.2, 0) is 50.7 Å². The number of rotatable bonds is 28. The number of nitrogens with zero attached hydrogens (tertiary/aromatic N) is 4. The molecule has 3 heterocycles. The van der Waals surface area contributed by atoms with E-state index in [4.69, 9.17) is 10.5 Å². The van der Waals surface area contributed by atoms with Crippen LogP contribution in [0.4, 0.5) is 5.82 Å². The van der Waals surface area contributed by atoms with Crippen LogP contribution in [0, 0.1) is 5.41 Å². The van der Waals surface area contributed by atoms with Crippen molar-refractivity contribution in [3.8, 4) is 0 Å². The molecule has 0 saturated carbocycles. The number of carbonyl (C=O) groups is 3. The Morgan fingerprint density at radius 1 is 1.02 bits per heavy atom. The minimum Gasteiger partial charge on any atom is -0.790 e. The van der Waals surface area contributed by atoms with Gasteiger partial charge in [-0.05, 0) is 19.3 Å². The molecular weight excluding hydrogens is 915 g/mol. The number of hydrogen-bond acceptors (Lipinski definition) is 22. The molecule has 1 saturated heterocycles. The van der Waals surface area contributed by atoms with E-state index < -0.39 is 84.6 Å². The molecule has 0 aromatic carbocycles. The van der Waals surface area contributed by atoms with Crippen molar-refractivity contribution in [3.63, 3.8) is 0 Å². The topological polar surface area (TPSA) is 375 Å². The van der Waals surface area contributed by atoms with Crippen LogP contribution < -0.4 is 35.9 Å². The highest BCUT2D eigenvalue weighted by atomic mass is 32.2. The molecule has 1 fully saturated rings. The highest BCUT2D eigenvalue weighted by molar-refractivity contribution is 8.13. The molecule has 0 aliphatic carbocycles. The van der Waals surface area contributed by atoms with Gasteiger partial charge in [-0.25, -0.2) is 19.3 Å². The smallest absolute Gasteiger partial charge is 0.274 e. The standard InChI is InChI=1S/C35H56N7O17P3S/c1-4-5-6-7-8-9-10-11-12-13-14-15-26(44)63-19-18-37-25(43)16-17-38-33(47)30(46)35(2,3)21-56-62(53,54)59-61(51,52)55-20-24-29(58-60(48,49)50)28(45)34(57-24)42-23-41-27-31(36)39-22-40-32(27)42/h8-9,11-14,22-24,28-30,34,45-46H,4-7,10,15-21H2,1-3H3,(H,37,43)(H,38,47)(H,51,52)(H,53,54)(H2,36,39,40)(H2,48,49,50)/p-4/b9-8-,12-11-,14-13+/t24-,28-,29-,30+,34-/m1/s1. The predicted octanol–water partition coefficient (Wildman–Crippen LogP) is 0.166. The number of aliphatic hydroxyl groups excluding tert-OH is 2. The zero-order chi connectivity index (χ0) is 46.8. The first kappa shape index (κ1) is 54.1. The number of imidazole rings is 1. The van der Waals surface area contributed by atoms with Gasteiger partial charge in [0.2, 0.25) is 11.8 Å². The number of nitrogens with one attached hydrogen (secondary N) is 2. The highest BCUT2D eigenvalue weighted by Gasteiger charge is 2.47. The van der Waals surface area contributed by atoms with Crippen LogP contribution in [0.1, 0.15) is 71.9 Å². The number of nitrogen functional groups attached to an aromatic ring is 1. The van der Waals surface area contributed by atoms with Crippen LogP contribution in [0.3, 0.4) is 0 Å². The monoisotopic (exact) mass is 967 g/mol. The van der Waals surface area contributed by atoms with Crippen molar-refractivity contribution in [2.75, 3.05) is 37.8 Å². The number of fused-ring (bicyclic) bond motifs is 1. The van der Waals surface area contributed by atoms with E-state index >= 15 is 0 Å². The second-order valence-corrected chi connectivity index (χ2v) is 19.7. The molecule has 0 spiro atoms. The Bertz CT molecular complexity index is 2070. The number of thioether (sulfide) groups is 1. The molecule has 1 aliphatic heterocycles. The van der Waals surface area contributed by atoms with Gasteiger partial charge in [0.1, 0.15) is 36.3 Å². The first-order valence-corrected chi connectivity index (χ1v) is 24.9. The summed E-state index contributed by atoms with van der Waals surface area (Å²) in [5, 5.41) is 26.2. The zero-order valence-electron chi connectivity index (χ0n) is 34.6. The number of ether oxygens (including phenoxy) is 1. The van der Waals surface area contributed by atoms with E-state index in [0.29, 0.717) is 5.75 Å². The summed E-state index contributed by atoms with van der Waals surface area (Å²) in [5.74, 6) is -1.24. The van der Waals surface area contributed by atoms with Gasteiger partial charge in [0, 0.05) is 37.1 Å². The fraction of sp³-hybridized carbons (Fsp3) is 0.600. The lowest BCUT2D eigenvalue weighted by atomic mass is 9.87. The number of aromatic nitrogens is 4. The third kappa shape index (κ3) is 19.0. The van der Waals surface area contributed by atoms with E-state index in [1.165, 1.54) is 33.1 Å². The maximum Gasteiger partial charge on any atom is 0.274 e. The van der Waals surface area contributed by atoms with E-state index in [2.05, 4.69) is 62.5 Å². The molecule has 2 aromatic heterocycles. The number of amides is 2. The lowest BCUT2D eigenvalue weighted by molar-refractivity contribution is -0.347. The van der Waals surface area contributed by atoms with Crippen LogP contribution in [0.5, 0.6) is 0 Å². The fourth-order valence-corrected chi connectivity index (χ4v) is 8.92. The number of nitrogens with two attached hydrogens (primary N) is 1. The number of phosphoric ester groups is 3. The summed E-state index contributed by atoms with van der Waals surface area (Å²) >= 11 is 1.05. The summed E-state index contributed by atoms with van der Waals surface area (Å²) in [7, 11) is -17.6. The normalized spacial score (nSPS) is 21.0.